The van der Waals surface area contributed by atoms with Crippen LogP contribution in [-0.4, -0.2) is 23.1 Å². The normalized spacial score (nSPS) is 19.1. The van der Waals surface area contributed by atoms with Gasteiger partial charge < -0.3 is 10.6 Å². The molecule has 3 heterocycles. The molecule has 1 atom stereocenters. The minimum absolute atomic E-state index is 0.543. The zero-order chi connectivity index (χ0) is 12.4. The molecule has 2 aromatic heterocycles. The van der Waals surface area contributed by atoms with Crippen molar-refractivity contribution in [2.24, 2.45) is 0 Å². The first-order valence-corrected chi connectivity index (χ1v) is 7.05. The molecular weight excluding hydrogens is 244 g/mol. The third-order valence-corrected chi connectivity index (χ3v) is 3.82. The van der Waals surface area contributed by atoms with Crippen LogP contribution >= 0.6 is 11.3 Å². The van der Waals surface area contributed by atoms with E-state index in [4.69, 9.17) is 0 Å². The van der Waals surface area contributed by atoms with Crippen molar-refractivity contribution in [3.63, 3.8) is 0 Å². The van der Waals surface area contributed by atoms with Gasteiger partial charge in [-0.15, -0.1) is 11.3 Å². The minimum atomic E-state index is 0.543. The van der Waals surface area contributed by atoms with Crippen LogP contribution in [0.15, 0.2) is 23.7 Å². The summed E-state index contributed by atoms with van der Waals surface area (Å²) in [5, 5.41) is 9.62. The molecule has 0 saturated carbocycles. The maximum atomic E-state index is 4.65. The maximum Gasteiger partial charge on any atom is 0.187 e. The highest BCUT2D eigenvalue weighted by Crippen LogP contribution is 2.26. The van der Waals surface area contributed by atoms with Gasteiger partial charge in [0, 0.05) is 41.1 Å². The molecule has 0 aliphatic carbocycles. The first-order chi connectivity index (χ1) is 8.81. The number of aryl methyl sites for hydroxylation is 1. The first kappa shape index (κ1) is 11.6. The van der Waals surface area contributed by atoms with Gasteiger partial charge in [-0.2, -0.15) is 0 Å². The fourth-order valence-electron chi connectivity index (χ4n) is 2.29. The molecule has 0 spiro atoms. The molecule has 2 aromatic rings. The summed E-state index contributed by atoms with van der Waals surface area (Å²) in [4.78, 5) is 8.89. The highest BCUT2D eigenvalue weighted by atomic mass is 32.1. The maximum absolute atomic E-state index is 4.65. The monoisotopic (exact) mass is 260 g/mol. The molecule has 18 heavy (non-hydrogen) atoms. The van der Waals surface area contributed by atoms with Crippen LogP contribution in [0, 0.1) is 6.92 Å². The number of hydrogen-bond donors (Lipinski definition) is 2. The third kappa shape index (κ3) is 2.52. The zero-order valence-corrected chi connectivity index (χ0v) is 11.1. The second-order valence-corrected chi connectivity index (χ2v) is 5.47. The molecule has 1 aliphatic rings. The Morgan fingerprint density at radius 1 is 1.44 bits per heavy atom. The summed E-state index contributed by atoms with van der Waals surface area (Å²) in [5.74, 6) is 0.543. The lowest BCUT2D eigenvalue weighted by atomic mass is 10.0. The summed E-state index contributed by atoms with van der Waals surface area (Å²) < 4.78 is 0. The average molecular weight is 260 g/mol. The van der Waals surface area contributed by atoms with Crippen LogP contribution < -0.4 is 10.6 Å². The predicted octanol–water partition coefficient (Wildman–Crippen LogP) is 2.67. The van der Waals surface area contributed by atoms with Crippen molar-refractivity contribution in [3.8, 4) is 0 Å². The second kappa shape index (κ2) is 5.04. The Balaban J connectivity index is 1.85. The van der Waals surface area contributed by atoms with Crippen molar-refractivity contribution in [2.45, 2.75) is 19.3 Å². The van der Waals surface area contributed by atoms with Crippen LogP contribution in [0.4, 0.5) is 10.8 Å². The predicted molar refractivity (Wildman–Crippen MR) is 74.6 cm³/mol. The molecule has 3 rings (SSSR count). The number of thiazole rings is 1. The van der Waals surface area contributed by atoms with Crippen molar-refractivity contribution < 1.29 is 0 Å². The molecule has 0 radical (unpaired) electrons. The lowest BCUT2D eigenvalue weighted by molar-refractivity contribution is 0.732. The zero-order valence-electron chi connectivity index (χ0n) is 10.3. The van der Waals surface area contributed by atoms with Gasteiger partial charge in [-0.25, -0.2) is 4.98 Å². The number of aromatic nitrogens is 2. The van der Waals surface area contributed by atoms with Gasteiger partial charge in [-0.1, -0.05) is 0 Å². The van der Waals surface area contributed by atoms with Crippen LogP contribution in [0.2, 0.25) is 0 Å². The molecule has 1 fully saturated rings. The average Bonchev–Trinajstić information content (AvgIpc) is 3.00. The van der Waals surface area contributed by atoms with Gasteiger partial charge in [-0.3, -0.25) is 4.98 Å². The van der Waals surface area contributed by atoms with E-state index in [1.165, 1.54) is 12.1 Å². The standard InChI is InChI=1S/C13H16N4S/c1-9-6-11(17-13-15-4-5-18-13)7-12(16-9)10-2-3-14-8-10/h4-7,10,14H,2-3,8H2,1H3,(H,15,16,17). The fraction of sp³-hybridized carbons (Fsp3) is 0.385. The van der Waals surface area contributed by atoms with Crippen molar-refractivity contribution in [3.05, 3.63) is 35.1 Å². The molecule has 0 bridgehead atoms. The summed E-state index contributed by atoms with van der Waals surface area (Å²) in [5.41, 5.74) is 3.32. The van der Waals surface area contributed by atoms with Gasteiger partial charge in [0.2, 0.25) is 0 Å². The summed E-state index contributed by atoms with van der Waals surface area (Å²) in [6.45, 7) is 4.17. The molecule has 1 unspecified atom stereocenters. The van der Waals surface area contributed by atoms with E-state index < -0.39 is 0 Å². The molecule has 0 aromatic carbocycles. The van der Waals surface area contributed by atoms with E-state index in [1.807, 2.05) is 18.5 Å². The molecule has 4 nitrogen and oxygen atoms in total. The van der Waals surface area contributed by atoms with Crippen LogP contribution in [0.5, 0.6) is 0 Å². The van der Waals surface area contributed by atoms with E-state index in [9.17, 15) is 0 Å². The van der Waals surface area contributed by atoms with Gasteiger partial charge >= 0.3 is 0 Å². The summed E-state index contributed by atoms with van der Waals surface area (Å²) >= 11 is 1.61. The van der Waals surface area contributed by atoms with E-state index in [0.29, 0.717) is 5.92 Å². The minimum Gasteiger partial charge on any atom is -0.331 e. The van der Waals surface area contributed by atoms with Gasteiger partial charge in [0.05, 0.1) is 0 Å². The van der Waals surface area contributed by atoms with E-state index in [-0.39, 0.29) is 0 Å². The van der Waals surface area contributed by atoms with Gasteiger partial charge in [-0.05, 0) is 32.0 Å². The van der Waals surface area contributed by atoms with Crippen molar-refractivity contribution in [2.75, 3.05) is 18.4 Å². The lowest BCUT2D eigenvalue weighted by Crippen LogP contribution is -2.09. The van der Waals surface area contributed by atoms with Gasteiger partial charge in [0.15, 0.2) is 5.13 Å². The van der Waals surface area contributed by atoms with Gasteiger partial charge in [0.1, 0.15) is 0 Å². The second-order valence-electron chi connectivity index (χ2n) is 4.57. The molecule has 1 saturated heterocycles. The Labute approximate surface area is 110 Å². The molecular formula is C13H16N4S. The van der Waals surface area contributed by atoms with Crippen LogP contribution in [-0.2, 0) is 0 Å². The van der Waals surface area contributed by atoms with Crippen LogP contribution in [0.1, 0.15) is 23.7 Å². The van der Waals surface area contributed by atoms with E-state index in [0.717, 1.165) is 29.6 Å². The first-order valence-electron chi connectivity index (χ1n) is 6.17. The van der Waals surface area contributed by atoms with E-state index in [1.54, 1.807) is 11.3 Å². The fourth-order valence-corrected chi connectivity index (χ4v) is 2.84. The van der Waals surface area contributed by atoms with Crippen molar-refractivity contribution in [1.82, 2.24) is 15.3 Å². The summed E-state index contributed by atoms with van der Waals surface area (Å²) in [6.07, 6.45) is 2.98. The smallest absolute Gasteiger partial charge is 0.187 e. The molecule has 2 N–H and O–H groups in total. The van der Waals surface area contributed by atoms with Crippen molar-refractivity contribution >= 4 is 22.2 Å². The molecule has 94 valence electrons. The molecule has 0 amide bonds. The Hall–Kier alpha value is -1.46. The van der Waals surface area contributed by atoms with Crippen LogP contribution in [0.3, 0.4) is 0 Å². The largest absolute Gasteiger partial charge is 0.331 e. The number of nitrogens with one attached hydrogen (secondary N) is 2. The number of rotatable bonds is 3. The summed E-state index contributed by atoms with van der Waals surface area (Å²) in [7, 11) is 0. The number of pyridine rings is 1. The molecule has 1 aliphatic heterocycles. The highest BCUT2D eigenvalue weighted by molar-refractivity contribution is 7.13. The third-order valence-electron chi connectivity index (χ3n) is 3.14. The lowest BCUT2D eigenvalue weighted by Gasteiger charge is -2.11. The number of hydrogen-bond acceptors (Lipinski definition) is 5. The van der Waals surface area contributed by atoms with Crippen LogP contribution in [0.25, 0.3) is 0 Å². The molecule has 5 heteroatoms. The Morgan fingerprint density at radius 2 is 2.39 bits per heavy atom. The highest BCUT2D eigenvalue weighted by Gasteiger charge is 2.18. The number of nitrogens with zero attached hydrogens (tertiary/aromatic N) is 2. The topological polar surface area (TPSA) is 49.8 Å². The quantitative estimate of drug-likeness (QED) is 0.891. The Kier molecular flexibility index (Phi) is 3.25. The Morgan fingerprint density at radius 3 is 3.11 bits per heavy atom. The summed E-state index contributed by atoms with van der Waals surface area (Å²) in [6, 6.07) is 4.21. The SMILES string of the molecule is Cc1cc(Nc2nccs2)cc(C2CCNC2)n1. The number of anilines is 2. The van der Waals surface area contributed by atoms with E-state index >= 15 is 0 Å². The van der Waals surface area contributed by atoms with Crippen molar-refractivity contribution in [1.29, 1.82) is 0 Å². The van der Waals surface area contributed by atoms with Gasteiger partial charge in [0.25, 0.3) is 0 Å². The Bertz CT molecular complexity index is 518. The van der Waals surface area contributed by atoms with E-state index in [2.05, 4.69) is 32.7 Å².